The van der Waals surface area contributed by atoms with Crippen LogP contribution in [0.15, 0.2) is 0 Å². The zero-order valence-electron chi connectivity index (χ0n) is 11.7. The topological polar surface area (TPSA) is 91.8 Å². The first-order valence-electron chi connectivity index (χ1n) is 7.08. The third kappa shape index (κ3) is 2.55. The number of amides is 1. The van der Waals surface area contributed by atoms with Crippen LogP contribution in [0.5, 0.6) is 0 Å². The Hall–Kier alpha value is -1.11. The van der Waals surface area contributed by atoms with Crippen molar-refractivity contribution < 1.29 is 23.1 Å². The molecule has 2 rings (SSSR count). The largest absolute Gasteiger partial charge is 0.479 e. The molecule has 1 N–H and O–H groups in total. The minimum Gasteiger partial charge on any atom is -0.479 e. The molecule has 114 valence electrons. The Morgan fingerprint density at radius 2 is 2.10 bits per heavy atom. The lowest BCUT2D eigenvalue weighted by Gasteiger charge is -2.36. The number of rotatable bonds is 4. The molecule has 0 spiro atoms. The van der Waals surface area contributed by atoms with Gasteiger partial charge in [-0.3, -0.25) is 4.79 Å². The summed E-state index contributed by atoms with van der Waals surface area (Å²) in [5.74, 6) is -1.92. The van der Waals surface area contributed by atoms with E-state index < -0.39 is 27.3 Å². The Morgan fingerprint density at radius 1 is 1.40 bits per heavy atom. The molecule has 6 nitrogen and oxygen atoms in total. The van der Waals surface area contributed by atoms with Gasteiger partial charge in [0.2, 0.25) is 5.91 Å². The summed E-state index contributed by atoms with van der Waals surface area (Å²) in [7, 11) is -3.13. The number of nitrogens with zero attached hydrogens (tertiary/aromatic N) is 1. The lowest BCUT2D eigenvalue weighted by Crippen LogP contribution is -2.54. The average molecular weight is 303 g/mol. The number of sulfone groups is 1. The molecule has 20 heavy (non-hydrogen) atoms. The molecule has 0 aromatic rings. The van der Waals surface area contributed by atoms with Crippen molar-refractivity contribution in [3.8, 4) is 0 Å². The fraction of sp³-hybridized carbons (Fsp3) is 0.846. The molecule has 1 amide bonds. The maximum absolute atomic E-state index is 12.5. The normalized spacial score (nSPS) is 32.5. The minimum absolute atomic E-state index is 0.0328. The van der Waals surface area contributed by atoms with E-state index in [2.05, 4.69) is 0 Å². The highest BCUT2D eigenvalue weighted by molar-refractivity contribution is 7.91. The summed E-state index contributed by atoms with van der Waals surface area (Å²) < 4.78 is 23.0. The molecule has 2 unspecified atom stereocenters. The van der Waals surface area contributed by atoms with Gasteiger partial charge in [0.15, 0.2) is 9.84 Å². The number of carboxylic acid groups (broad SMARTS) is 1. The van der Waals surface area contributed by atoms with Crippen LogP contribution in [0.2, 0.25) is 0 Å². The summed E-state index contributed by atoms with van der Waals surface area (Å²) in [6, 6.07) is 0. The molecule has 2 heterocycles. The highest BCUT2D eigenvalue weighted by Gasteiger charge is 2.51. The summed E-state index contributed by atoms with van der Waals surface area (Å²) in [4.78, 5) is 25.6. The molecular formula is C13H21NO5S. The second kappa shape index (κ2) is 5.35. The molecule has 2 saturated heterocycles. The van der Waals surface area contributed by atoms with Gasteiger partial charge in [-0.2, -0.15) is 0 Å². The van der Waals surface area contributed by atoms with Crippen LogP contribution in [-0.4, -0.2) is 53.9 Å². The maximum atomic E-state index is 12.5. The van der Waals surface area contributed by atoms with E-state index in [0.717, 1.165) is 0 Å². The Kier molecular flexibility index (Phi) is 4.09. The average Bonchev–Trinajstić information content (AvgIpc) is 2.93. The van der Waals surface area contributed by atoms with Crippen LogP contribution in [0.25, 0.3) is 0 Å². The van der Waals surface area contributed by atoms with Gasteiger partial charge < -0.3 is 10.0 Å². The number of likely N-dealkylation sites (tertiary alicyclic amines) is 1. The molecule has 0 saturated carbocycles. The molecule has 0 radical (unpaired) electrons. The Labute approximate surface area is 119 Å². The number of hydrogen-bond donors (Lipinski definition) is 1. The van der Waals surface area contributed by atoms with Crippen molar-refractivity contribution in [3.63, 3.8) is 0 Å². The van der Waals surface area contributed by atoms with E-state index in [0.29, 0.717) is 38.6 Å². The quantitative estimate of drug-likeness (QED) is 0.824. The second-order valence-electron chi connectivity index (χ2n) is 5.78. The van der Waals surface area contributed by atoms with Gasteiger partial charge in [0.25, 0.3) is 0 Å². The molecule has 2 atom stereocenters. The molecule has 2 aliphatic rings. The van der Waals surface area contributed by atoms with Crippen LogP contribution in [0.4, 0.5) is 0 Å². The van der Waals surface area contributed by atoms with Gasteiger partial charge in [-0.05, 0) is 25.7 Å². The zero-order valence-corrected chi connectivity index (χ0v) is 12.5. The molecule has 0 aromatic carbocycles. The van der Waals surface area contributed by atoms with Gasteiger partial charge in [-0.25, -0.2) is 13.2 Å². The van der Waals surface area contributed by atoms with Crippen molar-refractivity contribution in [2.24, 2.45) is 5.92 Å². The van der Waals surface area contributed by atoms with E-state index in [9.17, 15) is 23.1 Å². The van der Waals surface area contributed by atoms with E-state index in [1.165, 1.54) is 4.90 Å². The van der Waals surface area contributed by atoms with Crippen molar-refractivity contribution in [3.05, 3.63) is 0 Å². The second-order valence-corrected chi connectivity index (χ2v) is 8.01. The Morgan fingerprint density at radius 3 is 2.60 bits per heavy atom. The molecule has 0 bridgehead atoms. The maximum Gasteiger partial charge on any atom is 0.329 e. The summed E-state index contributed by atoms with van der Waals surface area (Å²) in [5.41, 5.74) is -1.13. The summed E-state index contributed by atoms with van der Waals surface area (Å²) in [5, 5.41) is 9.55. The number of hydrogen-bond acceptors (Lipinski definition) is 4. The van der Waals surface area contributed by atoms with Gasteiger partial charge in [-0.1, -0.05) is 13.3 Å². The Bertz CT molecular complexity index is 515. The van der Waals surface area contributed by atoms with Crippen molar-refractivity contribution >= 4 is 21.7 Å². The third-order valence-corrected chi connectivity index (χ3v) is 6.17. The number of aliphatic carboxylic acids is 1. The van der Waals surface area contributed by atoms with Crippen LogP contribution in [0.3, 0.4) is 0 Å². The third-order valence-electron chi connectivity index (χ3n) is 4.40. The van der Waals surface area contributed by atoms with Crippen LogP contribution in [0, 0.1) is 5.92 Å². The standard InChI is InChI=1S/C13H21NO5S/c1-2-5-13(12(16)17)6-3-7-14(13)11(15)10-4-8-20(18,19)9-10/h10H,2-9H2,1H3,(H,16,17). The Balaban J connectivity index is 2.22. The van der Waals surface area contributed by atoms with Gasteiger partial charge in [0.05, 0.1) is 17.4 Å². The summed E-state index contributed by atoms with van der Waals surface area (Å²) in [6.45, 7) is 2.31. The predicted octanol–water partition coefficient (Wildman–Crippen LogP) is 0.667. The SMILES string of the molecule is CCCC1(C(=O)O)CCCN1C(=O)C1CCS(=O)(=O)C1. The number of carbonyl (C=O) groups is 2. The first kappa shape index (κ1) is 15.3. The summed E-state index contributed by atoms with van der Waals surface area (Å²) >= 11 is 0. The summed E-state index contributed by atoms with van der Waals surface area (Å²) in [6.07, 6.45) is 2.55. The molecule has 2 aliphatic heterocycles. The fourth-order valence-electron chi connectivity index (χ4n) is 3.41. The molecule has 0 aliphatic carbocycles. The van der Waals surface area contributed by atoms with E-state index >= 15 is 0 Å². The lowest BCUT2D eigenvalue weighted by atomic mass is 9.89. The van der Waals surface area contributed by atoms with Gasteiger partial charge in [-0.15, -0.1) is 0 Å². The monoisotopic (exact) mass is 303 g/mol. The predicted molar refractivity (Wildman–Crippen MR) is 73.0 cm³/mol. The fourth-order valence-corrected chi connectivity index (χ4v) is 5.15. The lowest BCUT2D eigenvalue weighted by molar-refractivity contribution is -0.158. The highest BCUT2D eigenvalue weighted by atomic mass is 32.2. The number of carboxylic acids is 1. The molecule has 7 heteroatoms. The van der Waals surface area contributed by atoms with Gasteiger partial charge >= 0.3 is 5.97 Å². The molecule has 0 aromatic heterocycles. The van der Waals surface area contributed by atoms with Crippen LogP contribution >= 0.6 is 0 Å². The smallest absolute Gasteiger partial charge is 0.329 e. The molecular weight excluding hydrogens is 282 g/mol. The van der Waals surface area contributed by atoms with Crippen molar-refractivity contribution in [1.29, 1.82) is 0 Å². The first-order valence-corrected chi connectivity index (χ1v) is 8.90. The first-order chi connectivity index (χ1) is 9.32. The van der Waals surface area contributed by atoms with Crippen molar-refractivity contribution in [2.45, 2.75) is 44.6 Å². The van der Waals surface area contributed by atoms with Crippen molar-refractivity contribution in [1.82, 2.24) is 4.90 Å². The van der Waals surface area contributed by atoms with Crippen LogP contribution < -0.4 is 0 Å². The van der Waals surface area contributed by atoms with Crippen LogP contribution in [0.1, 0.15) is 39.0 Å². The van der Waals surface area contributed by atoms with Gasteiger partial charge in [0, 0.05) is 6.54 Å². The highest BCUT2D eigenvalue weighted by Crippen LogP contribution is 2.36. The number of carbonyl (C=O) groups excluding carboxylic acids is 1. The van der Waals surface area contributed by atoms with E-state index in [1.54, 1.807) is 0 Å². The van der Waals surface area contributed by atoms with E-state index in [-0.39, 0.29) is 17.4 Å². The van der Waals surface area contributed by atoms with Crippen molar-refractivity contribution in [2.75, 3.05) is 18.1 Å². The minimum atomic E-state index is -3.13. The zero-order chi connectivity index (χ0) is 15.0. The van der Waals surface area contributed by atoms with Crippen LogP contribution in [-0.2, 0) is 19.4 Å². The van der Waals surface area contributed by atoms with E-state index in [1.807, 2.05) is 6.92 Å². The molecule has 2 fully saturated rings. The van der Waals surface area contributed by atoms with Gasteiger partial charge in [0.1, 0.15) is 5.54 Å². The van der Waals surface area contributed by atoms with E-state index in [4.69, 9.17) is 0 Å².